The lowest BCUT2D eigenvalue weighted by atomic mass is 10.1. The molecule has 5 heteroatoms. The number of carbonyl (C=O) groups is 1. The van der Waals surface area contributed by atoms with Gasteiger partial charge in [-0.3, -0.25) is 4.79 Å². The van der Waals surface area contributed by atoms with Crippen molar-refractivity contribution in [1.82, 2.24) is 4.98 Å². The number of carbonyl (C=O) groups excluding carboxylic acids is 1. The Kier molecular flexibility index (Phi) is 3.60. The smallest absolute Gasteiger partial charge is 0.305 e. The highest BCUT2D eigenvalue weighted by atomic mass is 35.5. The van der Waals surface area contributed by atoms with Crippen molar-refractivity contribution in [1.29, 1.82) is 0 Å². The van der Waals surface area contributed by atoms with Gasteiger partial charge in [0.2, 0.25) is 0 Å². The third-order valence-electron chi connectivity index (χ3n) is 2.64. The van der Waals surface area contributed by atoms with Crippen LogP contribution < -0.4 is 0 Å². The van der Waals surface area contributed by atoms with E-state index in [1.807, 2.05) is 12.3 Å². The van der Waals surface area contributed by atoms with Crippen molar-refractivity contribution in [2.45, 2.75) is 12.8 Å². The van der Waals surface area contributed by atoms with Crippen molar-refractivity contribution in [3.05, 3.63) is 33.9 Å². The number of aromatic amines is 1. The Morgan fingerprint density at radius 2 is 2.18 bits per heavy atom. The van der Waals surface area contributed by atoms with Gasteiger partial charge in [-0.2, -0.15) is 0 Å². The largest absolute Gasteiger partial charge is 0.469 e. The Morgan fingerprint density at radius 1 is 1.41 bits per heavy atom. The maximum absolute atomic E-state index is 11.1. The molecule has 0 unspecified atom stereocenters. The Bertz CT molecular complexity index is 563. The average Bonchev–Trinajstić information content (AvgIpc) is 2.74. The lowest BCUT2D eigenvalue weighted by Gasteiger charge is -2.02. The summed E-state index contributed by atoms with van der Waals surface area (Å²) in [4.78, 5) is 14.2. The Hall–Kier alpha value is -1.19. The number of halogens is 2. The van der Waals surface area contributed by atoms with Crippen LogP contribution in [0.1, 0.15) is 12.0 Å². The van der Waals surface area contributed by atoms with Gasteiger partial charge >= 0.3 is 5.97 Å². The highest BCUT2D eigenvalue weighted by Crippen LogP contribution is 2.33. The first-order chi connectivity index (χ1) is 8.13. The molecule has 0 atom stereocenters. The summed E-state index contributed by atoms with van der Waals surface area (Å²) in [7, 11) is 1.38. The van der Waals surface area contributed by atoms with Crippen LogP contribution in [0.4, 0.5) is 0 Å². The van der Waals surface area contributed by atoms with E-state index in [-0.39, 0.29) is 5.97 Å². The minimum atomic E-state index is -0.238. The molecule has 0 aliphatic carbocycles. The predicted molar refractivity (Wildman–Crippen MR) is 68.7 cm³/mol. The number of hydrogen-bond acceptors (Lipinski definition) is 2. The van der Waals surface area contributed by atoms with E-state index in [9.17, 15) is 4.79 Å². The van der Waals surface area contributed by atoms with Crippen LogP contribution in [0, 0.1) is 0 Å². The number of benzene rings is 1. The molecule has 0 fully saturated rings. The number of esters is 1. The fourth-order valence-electron chi connectivity index (χ4n) is 1.76. The van der Waals surface area contributed by atoms with Crippen LogP contribution in [0.3, 0.4) is 0 Å². The average molecular weight is 272 g/mol. The van der Waals surface area contributed by atoms with Crippen molar-refractivity contribution in [2.75, 3.05) is 7.11 Å². The summed E-state index contributed by atoms with van der Waals surface area (Å²) in [6.45, 7) is 0. The first-order valence-corrected chi connectivity index (χ1v) is 5.90. The lowest BCUT2D eigenvalue weighted by molar-refractivity contribution is -0.140. The zero-order chi connectivity index (χ0) is 12.4. The molecule has 0 saturated heterocycles. The van der Waals surface area contributed by atoms with Crippen LogP contribution in [0.5, 0.6) is 0 Å². The van der Waals surface area contributed by atoms with E-state index in [1.165, 1.54) is 7.11 Å². The summed E-state index contributed by atoms with van der Waals surface area (Å²) in [6, 6.07) is 3.61. The molecule has 0 amide bonds. The molecule has 1 N–H and O–H groups in total. The second-order valence-corrected chi connectivity index (χ2v) is 4.46. The molecule has 0 aliphatic rings. The van der Waals surface area contributed by atoms with Gasteiger partial charge < -0.3 is 9.72 Å². The molecule has 3 nitrogen and oxygen atoms in total. The number of rotatable bonds is 3. The number of ether oxygens (including phenoxy) is 1. The number of aromatic nitrogens is 1. The van der Waals surface area contributed by atoms with E-state index in [0.717, 1.165) is 16.5 Å². The molecule has 0 saturated carbocycles. The minimum Gasteiger partial charge on any atom is -0.469 e. The molecular formula is C12H11Cl2NO2. The SMILES string of the molecule is COC(=O)CCc1c[nH]c2ccc(Cl)c(Cl)c12. The molecule has 0 spiro atoms. The molecule has 0 aliphatic heterocycles. The number of methoxy groups -OCH3 is 1. The first kappa shape index (κ1) is 12.3. The van der Waals surface area contributed by atoms with E-state index in [2.05, 4.69) is 9.72 Å². The maximum Gasteiger partial charge on any atom is 0.305 e. The quantitative estimate of drug-likeness (QED) is 0.868. The number of aryl methyl sites for hydroxylation is 1. The molecule has 2 rings (SSSR count). The first-order valence-electron chi connectivity index (χ1n) is 5.14. The van der Waals surface area contributed by atoms with E-state index in [1.54, 1.807) is 6.07 Å². The van der Waals surface area contributed by atoms with E-state index in [0.29, 0.717) is 22.9 Å². The van der Waals surface area contributed by atoms with Gasteiger partial charge in [0, 0.05) is 23.5 Å². The molecule has 0 radical (unpaired) electrons. The normalized spacial score (nSPS) is 10.8. The van der Waals surface area contributed by atoms with Gasteiger partial charge in [-0.1, -0.05) is 23.2 Å². The molecule has 1 heterocycles. The standard InChI is InChI=1S/C12H11Cl2NO2/c1-17-10(16)5-2-7-6-15-9-4-3-8(13)12(14)11(7)9/h3-4,6,15H,2,5H2,1H3. The number of hydrogen-bond donors (Lipinski definition) is 1. The number of H-pyrrole nitrogens is 1. The molecule has 2 aromatic rings. The third kappa shape index (κ3) is 2.40. The summed E-state index contributed by atoms with van der Waals surface area (Å²) in [5.74, 6) is -0.238. The monoisotopic (exact) mass is 271 g/mol. The van der Waals surface area contributed by atoms with Crippen molar-refractivity contribution >= 4 is 40.1 Å². The van der Waals surface area contributed by atoms with Crippen LogP contribution >= 0.6 is 23.2 Å². The Morgan fingerprint density at radius 3 is 2.88 bits per heavy atom. The van der Waals surface area contributed by atoms with Gasteiger partial charge in [-0.15, -0.1) is 0 Å². The van der Waals surface area contributed by atoms with Crippen molar-refractivity contribution in [3.8, 4) is 0 Å². The van der Waals surface area contributed by atoms with Gasteiger partial charge in [0.25, 0.3) is 0 Å². The van der Waals surface area contributed by atoms with E-state index < -0.39 is 0 Å². The second kappa shape index (κ2) is 4.98. The molecular weight excluding hydrogens is 261 g/mol. The fourth-order valence-corrected chi connectivity index (χ4v) is 2.20. The summed E-state index contributed by atoms with van der Waals surface area (Å²) >= 11 is 12.1. The predicted octanol–water partition coefficient (Wildman–Crippen LogP) is 3.58. The molecule has 90 valence electrons. The minimum absolute atomic E-state index is 0.238. The molecule has 17 heavy (non-hydrogen) atoms. The highest BCUT2D eigenvalue weighted by Gasteiger charge is 2.11. The zero-order valence-electron chi connectivity index (χ0n) is 9.22. The van der Waals surface area contributed by atoms with Crippen LogP contribution in [-0.4, -0.2) is 18.1 Å². The van der Waals surface area contributed by atoms with Crippen LogP contribution in [0.25, 0.3) is 10.9 Å². The molecule has 1 aromatic heterocycles. The van der Waals surface area contributed by atoms with Gasteiger partial charge in [-0.05, 0) is 24.1 Å². The maximum atomic E-state index is 11.1. The van der Waals surface area contributed by atoms with Crippen LogP contribution in [0.2, 0.25) is 10.0 Å². The molecule has 0 bridgehead atoms. The van der Waals surface area contributed by atoms with Gasteiger partial charge in [-0.25, -0.2) is 0 Å². The second-order valence-electron chi connectivity index (χ2n) is 3.67. The number of nitrogens with one attached hydrogen (secondary N) is 1. The summed E-state index contributed by atoms with van der Waals surface area (Å²) in [6.07, 6.45) is 2.74. The van der Waals surface area contributed by atoms with Crippen molar-refractivity contribution in [2.24, 2.45) is 0 Å². The lowest BCUT2D eigenvalue weighted by Crippen LogP contribution is -2.01. The third-order valence-corrected chi connectivity index (χ3v) is 3.45. The summed E-state index contributed by atoms with van der Waals surface area (Å²) in [5, 5.41) is 1.91. The van der Waals surface area contributed by atoms with Crippen molar-refractivity contribution < 1.29 is 9.53 Å². The Balaban J connectivity index is 2.35. The van der Waals surface area contributed by atoms with E-state index >= 15 is 0 Å². The van der Waals surface area contributed by atoms with Gasteiger partial charge in [0.15, 0.2) is 0 Å². The van der Waals surface area contributed by atoms with Crippen molar-refractivity contribution in [3.63, 3.8) is 0 Å². The zero-order valence-corrected chi connectivity index (χ0v) is 10.7. The topological polar surface area (TPSA) is 42.1 Å². The van der Waals surface area contributed by atoms with Gasteiger partial charge in [0.1, 0.15) is 0 Å². The highest BCUT2D eigenvalue weighted by molar-refractivity contribution is 6.45. The Labute approximate surface area is 109 Å². The number of fused-ring (bicyclic) bond motifs is 1. The summed E-state index contributed by atoms with van der Waals surface area (Å²) in [5.41, 5.74) is 1.89. The van der Waals surface area contributed by atoms with Gasteiger partial charge in [0.05, 0.1) is 17.2 Å². The van der Waals surface area contributed by atoms with Crippen LogP contribution in [-0.2, 0) is 16.0 Å². The summed E-state index contributed by atoms with van der Waals surface area (Å²) < 4.78 is 4.61. The van der Waals surface area contributed by atoms with E-state index in [4.69, 9.17) is 23.2 Å². The molecule has 1 aromatic carbocycles. The van der Waals surface area contributed by atoms with Crippen LogP contribution in [0.15, 0.2) is 18.3 Å². The fraction of sp³-hybridized carbons (Fsp3) is 0.250.